The summed E-state index contributed by atoms with van der Waals surface area (Å²) in [6.45, 7) is 2.37. The summed E-state index contributed by atoms with van der Waals surface area (Å²) in [4.78, 5) is 11.4. The van der Waals surface area contributed by atoms with Crippen LogP contribution in [0.2, 0.25) is 0 Å². The third-order valence-electron chi connectivity index (χ3n) is 1.98. The van der Waals surface area contributed by atoms with Gasteiger partial charge in [-0.1, -0.05) is 30.4 Å². The van der Waals surface area contributed by atoms with E-state index in [1.54, 1.807) is 12.2 Å². The molecule has 0 heterocycles. The third kappa shape index (κ3) is 4.11. The molecule has 3 N–H and O–H groups in total. The number of allylic oxidation sites excluding steroid dienone is 3. The van der Waals surface area contributed by atoms with Crippen LogP contribution in [0.1, 0.15) is 12.5 Å². The molecule has 0 aliphatic rings. The molecular formula is C13H16N2O. The van der Waals surface area contributed by atoms with Crippen molar-refractivity contribution in [1.82, 2.24) is 0 Å². The van der Waals surface area contributed by atoms with Crippen molar-refractivity contribution < 1.29 is 4.79 Å². The van der Waals surface area contributed by atoms with E-state index in [2.05, 4.69) is 5.32 Å². The van der Waals surface area contributed by atoms with Gasteiger partial charge in [0.15, 0.2) is 0 Å². The van der Waals surface area contributed by atoms with Crippen LogP contribution < -0.4 is 11.1 Å². The van der Waals surface area contributed by atoms with E-state index in [0.29, 0.717) is 6.54 Å². The van der Waals surface area contributed by atoms with Crippen LogP contribution in [0.3, 0.4) is 0 Å². The standard InChI is InChI=1S/C13H16N2O/c1-2-3-4-8-13(16)15-12-7-5-6-11(9-12)10-14/h2-9H,10,14H2,1H3,(H,15,16)/b3-2+,8-4+. The summed E-state index contributed by atoms with van der Waals surface area (Å²) < 4.78 is 0. The number of benzene rings is 1. The molecule has 84 valence electrons. The van der Waals surface area contributed by atoms with Crippen LogP contribution in [0, 0.1) is 0 Å². The molecule has 0 atom stereocenters. The molecule has 0 aromatic heterocycles. The zero-order chi connectivity index (χ0) is 11.8. The van der Waals surface area contributed by atoms with Gasteiger partial charge in [0.05, 0.1) is 0 Å². The fraction of sp³-hybridized carbons (Fsp3) is 0.154. The molecular weight excluding hydrogens is 200 g/mol. The molecule has 0 aliphatic carbocycles. The fourth-order valence-corrected chi connectivity index (χ4v) is 1.21. The molecule has 16 heavy (non-hydrogen) atoms. The molecule has 3 nitrogen and oxygen atoms in total. The van der Waals surface area contributed by atoms with Crippen molar-refractivity contribution in [1.29, 1.82) is 0 Å². The minimum Gasteiger partial charge on any atom is -0.326 e. The largest absolute Gasteiger partial charge is 0.326 e. The van der Waals surface area contributed by atoms with Gasteiger partial charge in [-0.3, -0.25) is 4.79 Å². The molecule has 1 amide bonds. The van der Waals surface area contributed by atoms with Gasteiger partial charge >= 0.3 is 0 Å². The Labute approximate surface area is 95.7 Å². The lowest BCUT2D eigenvalue weighted by atomic mass is 10.2. The highest BCUT2D eigenvalue weighted by molar-refractivity contribution is 5.99. The summed E-state index contributed by atoms with van der Waals surface area (Å²) in [5, 5.41) is 2.76. The highest BCUT2D eigenvalue weighted by Gasteiger charge is 1.97. The van der Waals surface area contributed by atoms with E-state index in [0.717, 1.165) is 11.3 Å². The Morgan fingerprint density at radius 1 is 1.44 bits per heavy atom. The van der Waals surface area contributed by atoms with Crippen molar-refractivity contribution >= 4 is 11.6 Å². The first-order valence-corrected chi connectivity index (χ1v) is 5.15. The number of nitrogens with two attached hydrogens (primary N) is 1. The second-order valence-electron chi connectivity index (χ2n) is 3.28. The minimum atomic E-state index is -0.146. The second kappa shape index (κ2) is 6.58. The third-order valence-corrected chi connectivity index (χ3v) is 1.98. The van der Waals surface area contributed by atoms with Crippen molar-refractivity contribution in [2.24, 2.45) is 5.73 Å². The van der Waals surface area contributed by atoms with Gasteiger partial charge in [0.2, 0.25) is 5.91 Å². The van der Waals surface area contributed by atoms with Gasteiger partial charge in [0.25, 0.3) is 0 Å². The summed E-state index contributed by atoms with van der Waals surface area (Å²) in [7, 11) is 0. The van der Waals surface area contributed by atoms with Crippen molar-refractivity contribution in [3.05, 3.63) is 54.1 Å². The lowest BCUT2D eigenvalue weighted by Crippen LogP contribution is -2.08. The van der Waals surface area contributed by atoms with Gasteiger partial charge in [-0.15, -0.1) is 0 Å². The molecule has 1 rings (SSSR count). The number of carbonyl (C=O) groups is 1. The summed E-state index contributed by atoms with van der Waals surface area (Å²) in [6, 6.07) is 7.49. The lowest BCUT2D eigenvalue weighted by Gasteiger charge is -2.03. The van der Waals surface area contributed by atoms with Crippen molar-refractivity contribution in [2.75, 3.05) is 5.32 Å². The Morgan fingerprint density at radius 2 is 2.25 bits per heavy atom. The summed E-state index contributed by atoms with van der Waals surface area (Å²) >= 11 is 0. The van der Waals surface area contributed by atoms with Gasteiger partial charge in [-0.2, -0.15) is 0 Å². The van der Waals surface area contributed by atoms with Gasteiger partial charge in [0, 0.05) is 18.3 Å². The maximum atomic E-state index is 11.4. The number of hydrogen-bond donors (Lipinski definition) is 2. The molecule has 1 aromatic carbocycles. The fourth-order valence-electron chi connectivity index (χ4n) is 1.21. The van der Waals surface area contributed by atoms with Crippen LogP contribution in [0.25, 0.3) is 0 Å². The van der Waals surface area contributed by atoms with E-state index in [9.17, 15) is 4.79 Å². The van der Waals surface area contributed by atoms with Crippen molar-refractivity contribution in [3.63, 3.8) is 0 Å². The first kappa shape index (κ1) is 12.2. The Bertz CT molecular complexity index is 408. The van der Waals surface area contributed by atoms with Crippen LogP contribution in [0.15, 0.2) is 48.6 Å². The van der Waals surface area contributed by atoms with Crippen LogP contribution in [0.5, 0.6) is 0 Å². The number of anilines is 1. The Hall–Kier alpha value is -1.87. The van der Waals surface area contributed by atoms with Crippen molar-refractivity contribution in [3.8, 4) is 0 Å². The Balaban J connectivity index is 2.62. The quantitative estimate of drug-likeness (QED) is 0.599. The SMILES string of the molecule is C/C=C/C=C/C(=O)Nc1cccc(CN)c1. The number of hydrogen-bond acceptors (Lipinski definition) is 2. The number of carbonyl (C=O) groups excluding carboxylic acids is 1. The molecule has 3 heteroatoms. The Morgan fingerprint density at radius 3 is 2.94 bits per heavy atom. The van der Waals surface area contributed by atoms with Crippen LogP contribution in [0.4, 0.5) is 5.69 Å². The molecule has 0 unspecified atom stereocenters. The van der Waals surface area contributed by atoms with E-state index < -0.39 is 0 Å². The molecule has 0 fully saturated rings. The zero-order valence-electron chi connectivity index (χ0n) is 9.31. The molecule has 0 aliphatic heterocycles. The number of amides is 1. The van der Waals surface area contributed by atoms with Crippen LogP contribution >= 0.6 is 0 Å². The van der Waals surface area contributed by atoms with Crippen molar-refractivity contribution in [2.45, 2.75) is 13.5 Å². The topological polar surface area (TPSA) is 55.1 Å². The van der Waals surface area contributed by atoms with Gasteiger partial charge in [-0.25, -0.2) is 0 Å². The average Bonchev–Trinajstić information content (AvgIpc) is 2.29. The average molecular weight is 216 g/mol. The van der Waals surface area contributed by atoms with E-state index in [1.165, 1.54) is 6.08 Å². The maximum absolute atomic E-state index is 11.4. The summed E-state index contributed by atoms with van der Waals surface area (Å²) in [6.07, 6.45) is 6.84. The zero-order valence-corrected chi connectivity index (χ0v) is 9.31. The summed E-state index contributed by atoms with van der Waals surface area (Å²) in [5.41, 5.74) is 7.27. The second-order valence-corrected chi connectivity index (χ2v) is 3.28. The van der Waals surface area contributed by atoms with E-state index in [-0.39, 0.29) is 5.91 Å². The smallest absolute Gasteiger partial charge is 0.248 e. The van der Waals surface area contributed by atoms with Gasteiger partial charge in [-0.05, 0) is 24.6 Å². The van der Waals surface area contributed by atoms with E-state index in [4.69, 9.17) is 5.73 Å². The summed E-state index contributed by atoms with van der Waals surface area (Å²) in [5.74, 6) is -0.146. The maximum Gasteiger partial charge on any atom is 0.248 e. The molecule has 0 saturated heterocycles. The predicted octanol–water partition coefficient (Wildman–Crippen LogP) is 2.22. The molecule has 0 radical (unpaired) electrons. The minimum absolute atomic E-state index is 0.146. The van der Waals surface area contributed by atoms with Crippen LogP contribution in [-0.2, 0) is 11.3 Å². The van der Waals surface area contributed by atoms with E-state index >= 15 is 0 Å². The first-order chi connectivity index (χ1) is 7.76. The Kier molecular flexibility index (Phi) is 5.02. The predicted molar refractivity (Wildman–Crippen MR) is 66.9 cm³/mol. The highest BCUT2D eigenvalue weighted by Crippen LogP contribution is 2.09. The lowest BCUT2D eigenvalue weighted by molar-refractivity contribution is -0.111. The molecule has 1 aromatic rings. The molecule has 0 saturated carbocycles. The highest BCUT2D eigenvalue weighted by atomic mass is 16.1. The number of rotatable bonds is 4. The first-order valence-electron chi connectivity index (χ1n) is 5.15. The van der Waals surface area contributed by atoms with Gasteiger partial charge in [0.1, 0.15) is 0 Å². The normalized spacial score (nSPS) is 11.1. The van der Waals surface area contributed by atoms with E-state index in [1.807, 2.05) is 37.3 Å². The molecule has 0 bridgehead atoms. The van der Waals surface area contributed by atoms with Crippen LogP contribution in [-0.4, -0.2) is 5.91 Å². The molecule has 0 spiro atoms. The number of nitrogens with one attached hydrogen (secondary N) is 1. The monoisotopic (exact) mass is 216 g/mol. The van der Waals surface area contributed by atoms with Gasteiger partial charge < -0.3 is 11.1 Å².